The monoisotopic (exact) mass is 522 g/mol. The number of nitriles is 1. The van der Waals surface area contributed by atoms with Crippen molar-refractivity contribution < 1.29 is 18.3 Å². The highest BCUT2D eigenvalue weighted by Crippen LogP contribution is 2.39. The van der Waals surface area contributed by atoms with Crippen molar-refractivity contribution >= 4 is 17.6 Å². The molecule has 0 spiro atoms. The largest absolute Gasteiger partial charge is 0.462 e. The van der Waals surface area contributed by atoms with Gasteiger partial charge in [-0.25, -0.2) is 13.6 Å². The maximum Gasteiger partial charge on any atom is 0.338 e. The first kappa shape index (κ1) is 26.8. The molecule has 0 aromatic heterocycles. The minimum absolute atomic E-state index is 0.0398. The van der Waals surface area contributed by atoms with Gasteiger partial charge in [0.2, 0.25) is 0 Å². The molecule has 37 heavy (non-hydrogen) atoms. The van der Waals surface area contributed by atoms with Gasteiger partial charge in [-0.05, 0) is 85.3 Å². The van der Waals surface area contributed by atoms with Crippen molar-refractivity contribution in [1.29, 1.82) is 5.26 Å². The summed E-state index contributed by atoms with van der Waals surface area (Å²) >= 11 is 6.12. The maximum absolute atomic E-state index is 15.6. The second kappa shape index (κ2) is 11.4. The maximum atomic E-state index is 15.6. The predicted molar refractivity (Wildman–Crippen MR) is 140 cm³/mol. The van der Waals surface area contributed by atoms with Crippen molar-refractivity contribution in [2.75, 3.05) is 19.7 Å². The number of ether oxygens (including phenoxy) is 1. The van der Waals surface area contributed by atoms with Gasteiger partial charge in [0.15, 0.2) is 0 Å². The van der Waals surface area contributed by atoms with Crippen LogP contribution in [-0.2, 0) is 11.2 Å². The molecule has 0 amide bonds. The molecule has 7 heteroatoms. The second-order valence-corrected chi connectivity index (χ2v) is 10.3. The number of esters is 1. The van der Waals surface area contributed by atoms with Crippen molar-refractivity contribution in [3.63, 3.8) is 0 Å². The quantitative estimate of drug-likeness (QED) is 0.286. The number of carbonyl (C=O) groups is 1. The smallest absolute Gasteiger partial charge is 0.338 e. The third kappa shape index (κ3) is 6.74. The lowest BCUT2D eigenvalue weighted by atomic mass is 9.82. The molecule has 0 N–H and O–H groups in total. The van der Waals surface area contributed by atoms with Gasteiger partial charge >= 0.3 is 5.97 Å². The summed E-state index contributed by atoms with van der Waals surface area (Å²) in [5.74, 6) is -0.789. The van der Waals surface area contributed by atoms with Crippen molar-refractivity contribution in [3.05, 3.63) is 105 Å². The molecular formula is C30H29ClF2N2O2. The van der Waals surface area contributed by atoms with Gasteiger partial charge in [0.05, 0.1) is 29.8 Å². The van der Waals surface area contributed by atoms with Crippen LogP contribution in [0.15, 0.2) is 66.7 Å². The molecule has 0 radical (unpaired) electrons. The Morgan fingerprint density at radius 3 is 2.57 bits per heavy atom. The first-order chi connectivity index (χ1) is 17.7. The predicted octanol–water partition coefficient (Wildman–Crippen LogP) is 6.91. The molecule has 1 aliphatic heterocycles. The minimum Gasteiger partial charge on any atom is -0.462 e. The van der Waals surface area contributed by atoms with E-state index in [1.807, 2.05) is 48.5 Å². The normalized spacial score (nSPS) is 16.3. The van der Waals surface area contributed by atoms with Gasteiger partial charge in [0.25, 0.3) is 0 Å². The summed E-state index contributed by atoms with van der Waals surface area (Å²) in [6, 6.07) is 20.8. The Kier molecular flexibility index (Phi) is 8.26. The zero-order valence-electron chi connectivity index (χ0n) is 20.9. The summed E-state index contributed by atoms with van der Waals surface area (Å²) in [6.07, 6.45) is 0.357. The Balaban J connectivity index is 1.49. The Bertz CT molecular complexity index is 1300. The summed E-state index contributed by atoms with van der Waals surface area (Å²) in [7, 11) is 0. The molecule has 0 aliphatic carbocycles. The SMILES string of the molecule is CCOC(=O)c1cccc(C(c2ccc(Cl)cc2)N2CC(CC(C)(F)Cc3cc(F)cc(C#N)c3)C2)c1. The van der Waals surface area contributed by atoms with E-state index in [-0.39, 0.29) is 29.9 Å². The van der Waals surface area contributed by atoms with Crippen LogP contribution in [-0.4, -0.2) is 36.2 Å². The number of benzene rings is 3. The van der Waals surface area contributed by atoms with Crippen LogP contribution in [0.3, 0.4) is 0 Å². The number of nitrogens with zero attached hydrogens (tertiary/aromatic N) is 2. The fraction of sp³-hybridized carbons (Fsp3) is 0.333. The molecule has 4 rings (SSSR count). The Labute approximate surface area is 221 Å². The zero-order valence-corrected chi connectivity index (χ0v) is 21.6. The van der Waals surface area contributed by atoms with Gasteiger partial charge in [0, 0.05) is 24.5 Å². The van der Waals surface area contributed by atoms with Crippen LogP contribution in [0.2, 0.25) is 5.02 Å². The summed E-state index contributed by atoms with van der Waals surface area (Å²) in [5, 5.41) is 9.72. The van der Waals surface area contributed by atoms with Crippen LogP contribution in [0.25, 0.3) is 0 Å². The van der Waals surface area contributed by atoms with Gasteiger partial charge in [-0.1, -0.05) is 35.9 Å². The zero-order chi connectivity index (χ0) is 26.6. The van der Waals surface area contributed by atoms with E-state index in [1.165, 1.54) is 13.0 Å². The molecule has 0 bridgehead atoms. The molecule has 0 saturated carbocycles. The van der Waals surface area contributed by atoms with Crippen molar-refractivity contribution in [1.82, 2.24) is 4.90 Å². The topological polar surface area (TPSA) is 53.3 Å². The number of rotatable bonds is 9. The van der Waals surface area contributed by atoms with Gasteiger partial charge < -0.3 is 4.74 Å². The van der Waals surface area contributed by atoms with E-state index in [0.29, 0.717) is 42.3 Å². The molecule has 192 valence electrons. The van der Waals surface area contributed by atoms with Crippen molar-refractivity contribution in [2.24, 2.45) is 5.92 Å². The molecule has 1 saturated heterocycles. The van der Waals surface area contributed by atoms with Gasteiger partial charge in [-0.2, -0.15) is 5.26 Å². The number of carbonyl (C=O) groups excluding carboxylic acids is 1. The van der Waals surface area contributed by atoms with Gasteiger partial charge in [0.1, 0.15) is 11.5 Å². The van der Waals surface area contributed by atoms with Crippen LogP contribution < -0.4 is 0 Å². The molecule has 1 heterocycles. The third-order valence-corrected chi connectivity index (χ3v) is 6.88. The number of hydrogen-bond donors (Lipinski definition) is 0. The van der Waals surface area contributed by atoms with Crippen molar-refractivity contribution in [3.8, 4) is 6.07 Å². The summed E-state index contributed by atoms with van der Waals surface area (Å²) in [6.45, 7) is 4.94. The van der Waals surface area contributed by atoms with E-state index < -0.39 is 11.5 Å². The number of alkyl halides is 1. The number of hydrogen-bond acceptors (Lipinski definition) is 4. The van der Waals surface area contributed by atoms with E-state index in [1.54, 1.807) is 19.1 Å². The van der Waals surface area contributed by atoms with Gasteiger partial charge in [-0.3, -0.25) is 4.90 Å². The average molecular weight is 523 g/mol. The molecule has 2 atom stereocenters. The highest BCUT2D eigenvalue weighted by Gasteiger charge is 2.39. The molecular weight excluding hydrogens is 494 g/mol. The molecule has 1 fully saturated rings. The molecule has 1 aliphatic rings. The van der Waals surface area contributed by atoms with Crippen LogP contribution in [0.1, 0.15) is 58.9 Å². The van der Waals surface area contributed by atoms with E-state index in [4.69, 9.17) is 21.6 Å². The lowest BCUT2D eigenvalue weighted by Crippen LogP contribution is -2.50. The molecule has 4 nitrogen and oxygen atoms in total. The average Bonchev–Trinajstić information content (AvgIpc) is 2.83. The Morgan fingerprint density at radius 1 is 1.16 bits per heavy atom. The van der Waals surface area contributed by atoms with Crippen LogP contribution in [0.5, 0.6) is 0 Å². The highest BCUT2D eigenvalue weighted by atomic mass is 35.5. The lowest BCUT2D eigenvalue weighted by molar-refractivity contribution is 0.0237. The van der Waals surface area contributed by atoms with E-state index in [0.717, 1.165) is 17.2 Å². The third-order valence-electron chi connectivity index (χ3n) is 6.62. The van der Waals surface area contributed by atoms with Crippen LogP contribution >= 0.6 is 11.6 Å². The first-order valence-corrected chi connectivity index (χ1v) is 12.7. The molecule has 3 aromatic rings. The standard InChI is InChI=1S/C30H29ClF2N2O2/c1-3-37-29(36)25-6-4-5-24(14-25)28(23-7-9-26(31)10-8-23)35-18-22(19-35)16-30(2,33)15-20-11-21(17-34)13-27(32)12-20/h4-14,22,28H,3,15-16,18-19H2,1-2H3. The van der Waals surface area contributed by atoms with Crippen LogP contribution in [0.4, 0.5) is 8.78 Å². The van der Waals surface area contributed by atoms with Crippen molar-refractivity contribution in [2.45, 2.75) is 38.4 Å². The number of likely N-dealkylation sites (tertiary alicyclic amines) is 1. The Hall–Kier alpha value is -3.27. The molecule has 3 aromatic carbocycles. The van der Waals surface area contributed by atoms with E-state index in [2.05, 4.69) is 4.90 Å². The summed E-state index contributed by atoms with van der Waals surface area (Å²) in [5.41, 5.74) is 1.58. The lowest BCUT2D eigenvalue weighted by Gasteiger charge is -2.46. The van der Waals surface area contributed by atoms with Gasteiger partial charge in [-0.15, -0.1) is 0 Å². The summed E-state index contributed by atoms with van der Waals surface area (Å²) < 4.78 is 34.6. The highest BCUT2D eigenvalue weighted by molar-refractivity contribution is 6.30. The first-order valence-electron chi connectivity index (χ1n) is 12.3. The van der Waals surface area contributed by atoms with Crippen LogP contribution in [0, 0.1) is 23.1 Å². The summed E-state index contributed by atoms with van der Waals surface area (Å²) in [4.78, 5) is 14.6. The minimum atomic E-state index is -1.54. The molecule has 2 unspecified atom stereocenters. The fourth-order valence-electron chi connectivity index (χ4n) is 5.18. The van der Waals surface area contributed by atoms with E-state index in [9.17, 15) is 9.18 Å². The Morgan fingerprint density at radius 2 is 1.89 bits per heavy atom. The second-order valence-electron chi connectivity index (χ2n) is 9.87. The fourth-order valence-corrected chi connectivity index (χ4v) is 5.30. The van der Waals surface area contributed by atoms with E-state index >= 15 is 4.39 Å². The number of halogens is 3.